The van der Waals surface area contributed by atoms with Crippen molar-refractivity contribution < 1.29 is 29.0 Å². The number of methoxy groups -OCH3 is 1. The van der Waals surface area contributed by atoms with Crippen LogP contribution < -0.4 is 5.32 Å². The minimum absolute atomic E-state index is 0.109. The van der Waals surface area contributed by atoms with E-state index in [1.807, 2.05) is 0 Å². The molecule has 1 rings (SSSR count). The van der Waals surface area contributed by atoms with Crippen molar-refractivity contribution in [3.63, 3.8) is 0 Å². The Bertz CT molecular complexity index is 423. The summed E-state index contributed by atoms with van der Waals surface area (Å²) >= 11 is 0. The van der Waals surface area contributed by atoms with E-state index < -0.39 is 30.3 Å². The second-order valence-electron chi connectivity index (χ2n) is 4.86. The van der Waals surface area contributed by atoms with Gasteiger partial charge in [0.25, 0.3) is 0 Å². The molecule has 1 saturated heterocycles. The Kier molecular flexibility index (Phi) is 6.64. The molecular weight excluding hydrogens is 280 g/mol. The van der Waals surface area contributed by atoms with Crippen molar-refractivity contribution >= 4 is 23.8 Å². The molecule has 0 bridgehead atoms. The third-order valence-electron chi connectivity index (χ3n) is 3.24. The quantitative estimate of drug-likeness (QED) is 0.641. The maximum absolute atomic E-state index is 11.8. The van der Waals surface area contributed by atoms with Crippen molar-refractivity contribution in [2.45, 2.75) is 38.1 Å². The number of hydrogen-bond acceptors (Lipinski definition) is 5. The van der Waals surface area contributed by atoms with Gasteiger partial charge in [-0.1, -0.05) is 6.42 Å². The average Bonchev–Trinajstić information content (AvgIpc) is 2.63. The van der Waals surface area contributed by atoms with Crippen LogP contribution in [0.15, 0.2) is 0 Å². The molecule has 118 valence electrons. The van der Waals surface area contributed by atoms with E-state index in [-0.39, 0.29) is 12.5 Å². The van der Waals surface area contributed by atoms with Gasteiger partial charge in [0.15, 0.2) is 0 Å². The SMILES string of the molecule is COC(=O)C[C@H](NC(=O)CN1CCCCCC1=O)C(=O)O. The highest BCUT2D eigenvalue weighted by molar-refractivity contribution is 5.89. The van der Waals surface area contributed by atoms with Crippen LogP contribution in [0.3, 0.4) is 0 Å². The number of esters is 1. The fourth-order valence-corrected chi connectivity index (χ4v) is 2.07. The molecule has 21 heavy (non-hydrogen) atoms. The van der Waals surface area contributed by atoms with Gasteiger partial charge in [-0.05, 0) is 12.8 Å². The van der Waals surface area contributed by atoms with E-state index in [0.29, 0.717) is 13.0 Å². The number of nitrogens with one attached hydrogen (secondary N) is 1. The van der Waals surface area contributed by atoms with Crippen molar-refractivity contribution in [1.82, 2.24) is 10.2 Å². The third kappa shape index (κ3) is 5.80. The van der Waals surface area contributed by atoms with Crippen LogP contribution in [0.4, 0.5) is 0 Å². The van der Waals surface area contributed by atoms with Gasteiger partial charge in [-0.15, -0.1) is 0 Å². The lowest BCUT2D eigenvalue weighted by molar-refractivity contribution is -0.149. The van der Waals surface area contributed by atoms with Gasteiger partial charge < -0.3 is 20.1 Å². The molecule has 8 heteroatoms. The highest BCUT2D eigenvalue weighted by atomic mass is 16.5. The topological polar surface area (TPSA) is 113 Å². The van der Waals surface area contributed by atoms with E-state index >= 15 is 0 Å². The number of carboxylic acids is 1. The molecule has 1 atom stereocenters. The number of carbonyl (C=O) groups excluding carboxylic acids is 3. The van der Waals surface area contributed by atoms with Crippen LogP contribution in [0.5, 0.6) is 0 Å². The van der Waals surface area contributed by atoms with Crippen LogP contribution in [0, 0.1) is 0 Å². The maximum atomic E-state index is 11.8. The van der Waals surface area contributed by atoms with E-state index in [0.717, 1.165) is 26.4 Å². The number of carboxylic acid groups (broad SMARTS) is 1. The zero-order valence-electron chi connectivity index (χ0n) is 12.0. The van der Waals surface area contributed by atoms with E-state index in [1.165, 1.54) is 4.90 Å². The Morgan fingerprint density at radius 2 is 2.05 bits per heavy atom. The van der Waals surface area contributed by atoms with Crippen molar-refractivity contribution in [3.8, 4) is 0 Å². The van der Waals surface area contributed by atoms with Gasteiger partial charge in [0.2, 0.25) is 11.8 Å². The predicted molar refractivity (Wildman–Crippen MR) is 71.2 cm³/mol. The second-order valence-corrected chi connectivity index (χ2v) is 4.86. The Hall–Kier alpha value is -2.12. The van der Waals surface area contributed by atoms with Crippen LogP contribution in [0.25, 0.3) is 0 Å². The Balaban J connectivity index is 2.54. The fraction of sp³-hybridized carbons (Fsp3) is 0.692. The zero-order chi connectivity index (χ0) is 15.8. The number of likely N-dealkylation sites (tertiary alicyclic amines) is 1. The minimum atomic E-state index is -1.35. The lowest BCUT2D eigenvalue weighted by Gasteiger charge is -2.21. The summed E-state index contributed by atoms with van der Waals surface area (Å²) in [5.74, 6) is -2.76. The molecule has 0 aromatic carbocycles. The summed E-state index contributed by atoms with van der Waals surface area (Å²) in [5, 5.41) is 11.2. The number of ether oxygens (including phenoxy) is 1. The van der Waals surface area contributed by atoms with Gasteiger partial charge in [0, 0.05) is 13.0 Å². The van der Waals surface area contributed by atoms with E-state index in [2.05, 4.69) is 10.1 Å². The first kappa shape index (κ1) is 16.9. The van der Waals surface area contributed by atoms with Gasteiger partial charge in [-0.25, -0.2) is 4.79 Å². The monoisotopic (exact) mass is 300 g/mol. The van der Waals surface area contributed by atoms with E-state index in [4.69, 9.17) is 5.11 Å². The predicted octanol–water partition coefficient (Wildman–Crippen LogP) is -0.478. The third-order valence-corrected chi connectivity index (χ3v) is 3.24. The van der Waals surface area contributed by atoms with E-state index in [1.54, 1.807) is 0 Å². The Morgan fingerprint density at radius 1 is 1.33 bits per heavy atom. The molecule has 2 amide bonds. The molecule has 1 fully saturated rings. The number of hydrogen-bond donors (Lipinski definition) is 2. The van der Waals surface area contributed by atoms with Crippen LogP contribution in [0.1, 0.15) is 32.1 Å². The molecule has 8 nitrogen and oxygen atoms in total. The highest BCUT2D eigenvalue weighted by Gasteiger charge is 2.26. The molecule has 0 radical (unpaired) electrons. The first-order valence-electron chi connectivity index (χ1n) is 6.80. The molecule has 1 aliphatic heterocycles. The molecule has 1 aliphatic rings. The van der Waals surface area contributed by atoms with Gasteiger partial charge in [0.1, 0.15) is 6.04 Å². The average molecular weight is 300 g/mol. The molecular formula is C13H20N2O6. The summed E-state index contributed by atoms with van der Waals surface area (Å²) in [5.41, 5.74) is 0. The van der Waals surface area contributed by atoms with Crippen molar-refractivity contribution in [2.75, 3.05) is 20.2 Å². The Morgan fingerprint density at radius 3 is 2.67 bits per heavy atom. The van der Waals surface area contributed by atoms with E-state index in [9.17, 15) is 19.2 Å². The molecule has 1 heterocycles. The van der Waals surface area contributed by atoms with Crippen molar-refractivity contribution in [3.05, 3.63) is 0 Å². The molecule has 2 N–H and O–H groups in total. The molecule has 0 spiro atoms. The van der Waals surface area contributed by atoms with Crippen molar-refractivity contribution in [1.29, 1.82) is 0 Å². The minimum Gasteiger partial charge on any atom is -0.480 e. The maximum Gasteiger partial charge on any atom is 0.326 e. The van der Waals surface area contributed by atoms with Gasteiger partial charge in [-0.3, -0.25) is 14.4 Å². The summed E-state index contributed by atoms with van der Waals surface area (Å²) in [7, 11) is 1.14. The van der Waals surface area contributed by atoms with Gasteiger partial charge in [-0.2, -0.15) is 0 Å². The summed E-state index contributed by atoms with van der Waals surface area (Å²) in [6.45, 7) is 0.296. The lowest BCUT2D eigenvalue weighted by atomic mass is 10.2. The van der Waals surface area contributed by atoms with Gasteiger partial charge >= 0.3 is 11.9 Å². The number of amides is 2. The van der Waals surface area contributed by atoms with Crippen LogP contribution in [-0.2, 0) is 23.9 Å². The number of rotatable bonds is 6. The lowest BCUT2D eigenvalue weighted by Crippen LogP contribution is -2.47. The summed E-state index contributed by atoms with van der Waals surface area (Å²) in [6.07, 6.45) is 2.51. The highest BCUT2D eigenvalue weighted by Crippen LogP contribution is 2.10. The number of nitrogens with zero attached hydrogens (tertiary/aromatic N) is 1. The molecule has 0 aromatic heterocycles. The van der Waals surface area contributed by atoms with Crippen LogP contribution >= 0.6 is 0 Å². The molecule has 0 unspecified atom stereocenters. The van der Waals surface area contributed by atoms with Crippen LogP contribution in [0.2, 0.25) is 0 Å². The largest absolute Gasteiger partial charge is 0.480 e. The Labute approximate surface area is 122 Å². The number of carbonyl (C=O) groups is 4. The van der Waals surface area contributed by atoms with Crippen molar-refractivity contribution in [2.24, 2.45) is 0 Å². The second kappa shape index (κ2) is 8.23. The first-order chi connectivity index (χ1) is 9.93. The number of aliphatic carboxylic acids is 1. The molecule has 0 aromatic rings. The summed E-state index contributed by atoms with van der Waals surface area (Å²) < 4.78 is 4.38. The molecule has 0 aliphatic carbocycles. The standard InChI is InChI=1S/C13H20N2O6/c1-21-12(18)7-9(13(19)20)14-10(16)8-15-6-4-2-3-5-11(15)17/h9H,2-8H2,1H3,(H,14,16)(H,19,20)/t9-/m0/s1. The molecule has 0 saturated carbocycles. The first-order valence-corrected chi connectivity index (χ1v) is 6.80. The fourth-order valence-electron chi connectivity index (χ4n) is 2.07. The normalized spacial score (nSPS) is 16.8. The van der Waals surface area contributed by atoms with Gasteiger partial charge in [0.05, 0.1) is 20.1 Å². The zero-order valence-corrected chi connectivity index (χ0v) is 12.0. The summed E-state index contributed by atoms with van der Waals surface area (Å²) in [4.78, 5) is 47.1. The smallest absolute Gasteiger partial charge is 0.326 e. The summed E-state index contributed by atoms with van der Waals surface area (Å²) in [6, 6.07) is -1.35. The van der Waals surface area contributed by atoms with Crippen LogP contribution in [-0.4, -0.2) is 60.0 Å².